The van der Waals surface area contributed by atoms with E-state index >= 15 is 0 Å². The molecule has 110 valence electrons. The lowest BCUT2D eigenvalue weighted by Crippen LogP contribution is -2.15. The van der Waals surface area contributed by atoms with Crippen molar-refractivity contribution in [2.75, 3.05) is 24.8 Å². The summed E-state index contributed by atoms with van der Waals surface area (Å²) in [5, 5.41) is 5.32. The van der Waals surface area contributed by atoms with Crippen molar-refractivity contribution in [2.24, 2.45) is 0 Å². The smallest absolute Gasteiger partial charge is 0.259 e. The summed E-state index contributed by atoms with van der Waals surface area (Å²) in [4.78, 5) is 16.4. The number of methoxy groups -OCH3 is 1. The minimum Gasteiger partial charge on any atom is -0.497 e. The molecule has 1 amide bonds. The predicted molar refractivity (Wildman–Crippen MR) is 82.4 cm³/mol. The summed E-state index contributed by atoms with van der Waals surface area (Å²) in [7, 11) is 3.12. The van der Waals surface area contributed by atoms with Gasteiger partial charge in [0.25, 0.3) is 5.91 Å². The molecule has 0 bridgehead atoms. The highest BCUT2D eigenvalue weighted by atomic mass is 79.9. The summed E-state index contributed by atoms with van der Waals surface area (Å²) < 4.78 is 19.4. The lowest BCUT2D eigenvalue weighted by molar-refractivity contribution is 0.102. The number of anilines is 2. The third kappa shape index (κ3) is 3.49. The molecule has 0 radical (unpaired) electrons. The highest BCUT2D eigenvalue weighted by molar-refractivity contribution is 9.10. The Morgan fingerprint density at radius 1 is 1.38 bits per heavy atom. The Hall–Kier alpha value is -2.15. The second-order valence-electron chi connectivity index (χ2n) is 4.10. The fourth-order valence-corrected chi connectivity index (χ4v) is 2.06. The second-order valence-corrected chi connectivity index (χ2v) is 5.02. The van der Waals surface area contributed by atoms with E-state index in [1.807, 2.05) is 0 Å². The van der Waals surface area contributed by atoms with Gasteiger partial charge < -0.3 is 15.4 Å². The number of rotatable bonds is 4. The molecular formula is C14H13BrFN3O2. The van der Waals surface area contributed by atoms with Crippen LogP contribution < -0.4 is 15.4 Å². The number of ether oxygens (including phenoxy) is 1. The minimum atomic E-state index is -0.543. The van der Waals surface area contributed by atoms with Gasteiger partial charge in [-0.2, -0.15) is 0 Å². The number of amides is 1. The average molecular weight is 354 g/mol. The predicted octanol–water partition coefficient (Wildman–Crippen LogP) is 3.29. The lowest BCUT2D eigenvalue weighted by Gasteiger charge is -2.11. The third-order valence-corrected chi connectivity index (χ3v) is 3.19. The number of benzene rings is 1. The van der Waals surface area contributed by atoms with Crippen LogP contribution >= 0.6 is 15.9 Å². The highest BCUT2D eigenvalue weighted by Gasteiger charge is 2.15. The zero-order valence-corrected chi connectivity index (χ0v) is 13.0. The molecule has 0 saturated heterocycles. The van der Waals surface area contributed by atoms with Crippen LogP contribution in [0.15, 0.2) is 34.9 Å². The van der Waals surface area contributed by atoms with Crippen molar-refractivity contribution in [3.63, 3.8) is 0 Å². The Bertz CT molecular complexity index is 679. The molecule has 5 nitrogen and oxygen atoms in total. The number of nitrogens with one attached hydrogen (secondary N) is 2. The number of halogens is 2. The van der Waals surface area contributed by atoms with Crippen molar-refractivity contribution in [1.29, 1.82) is 0 Å². The molecule has 0 saturated carbocycles. The van der Waals surface area contributed by atoms with Gasteiger partial charge in [0, 0.05) is 23.8 Å². The SMILES string of the molecule is CNc1ncc(Br)cc1C(=O)Nc1cc(OC)ccc1F. The molecule has 0 aliphatic rings. The molecule has 1 heterocycles. The summed E-state index contributed by atoms with van der Waals surface area (Å²) in [6.07, 6.45) is 1.56. The van der Waals surface area contributed by atoms with Gasteiger partial charge in [-0.05, 0) is 34.1 Å². The third-order valence-electron chi connectivity index (χ3n) is 2.76. The number of carbonyl (C=O) groups excluding carboxylic acids is 1. The maximum absolute atomic E-state index is 13.7. The van der Waals surface area contributed by atoms with Gasteiger partial charge in [-0.3, -0.25) is 4.79 Å². The fourth-order valence-electron chi connectivity index (χ4n) is 1.73. The van der Waals surface area contributed by atoms with Crippen molar-refractivity contribution in [1.82, 2.24) is 4.98 Å². The van der Waals surface area contributed by atoms with E-state index in [-0.39, 0.29) is 5.69 Å². The van der Waals surface area contributed by atoms with Crippen LogP contribution in [0.4, 0.5) is 15.9 Å². The van der Waals surface area contributed by atoms with Gasteiger partial charge >= 0.3 is 0 Å². The number of carbonyl (C=O) groups is 1. The van der Waals surface area contributed by atoms with Gasteiger partial charge in [0.05, 0.1) is 18.4 Å². The Balaban J connectivity index is 2.32. The Labute approximate surface area is 129 Å². The summed E-state index contributed by atoms with van der Waals surface area (Å²) in [5.74, 6) is -0.162. The Kier molecular flexibility index (Phi) is 4.74. The van der Waals surface area contributed by atoms with Crippen LogP contribution in [0.3, 0.4) is 0 Å². The molecule has 2 aromatic rings. The zero-order valence-electron chi connectivity index (χ0n) is 11.4. The van der Waals surface area contributed by atoms with Gasteiger partial charge in [0.2, 0.25) is 0 Å². The first-order chi connectivity index (χ1) is 10.0. The number of hydrogen-bond donors (Lipinski definition) is 2. The average Bonchev–Trinajstić information content (AvgIpc) is 2.49. The van der Waals surface area contributed by atoms with Crippen LogP contribution in [-0.4, -0.2) is 25.0 Å². The quantitative estimate of drug-likeness (QED) is 0.885. The van der Waals surface area contributed by atoms with Crippen LogP contribution in [0.1, 0.15) is 10.4 Å². The van der Waals surface area contributed by atoms with E-state index in [0.29, 0.717) is 21.6 Å². The normalized spacial score (nSPS) is 10.1. The first kappa shape index (κ1) is 15.2. The monoisotopic (exact) mass is 353 g/mol. The molecule has 0 aliphatic heterocycles. The summed E-state index contributed by atoms with van der Waals surface area (Å²) in [5.41, 5.74) is 0.343. The summed E-state index contributed by atoms with van der Waals surface area (Å²) >= 11 is 3.25. The van der Waals surface area contributed by atoms with Crippen LogP contribution in [0.2, 0.25) is 0 Å². The standard InChI is InChI=1S/C14H13BrFN3O2/c1-17-13-10(5-8(15)7-18-13)14(20)19-12-6-9(21-2)3-4-11(12)16/h3-7H,1-2H3,(H,17,18)(H,19,20). The molecule has 0 unspecified atom stereocenters. The van der Waals surface area contributed by atoms with E-state index in [1.54, 1.807) is 19.3 Å². The molecule has 21 heavy (non-hydrogen) atoms. The molecule has 2 N–H and O–H groups in total. The van der Waals surface area contributed by atoms with Crippen molar-refractivity contribution >= 4 is 33.3 Å². The first-order valence-corrected chi connectivity index (χ1v) is 6.82. The largest absolute Gasteiger partial charge is 0.497 e. The second kappa shape index (κ2) is 6.53. The summed E-state index contributed by atoms with van der Waals surface area (Å²) in [6, 6.07) is 5.72. The van der Waals surface area contributed by atoms with Crippen LogP contribution in [0.5, 0.6) is 5.75 Å². The number of nitrogens with zero attached hydrogens (tertiary/aromatic N) is 1. The molecule has 0 fully saturated rings. The molecule has 7 heteroatoms. The van der Waals surface area contributed by atoms with Gasteiger partial charge in [-0.25, -0.2) is 9.37 Å². The Morgan fingerprint density at radius 2 is 2.14 bits per heavy atom. The van der Waals surface area contributed by atoms with Crippen molar-refractivity contribution in [3.05, 3.63) is 46.3 Å². The maximum atomic E-state index is 13.7. The van der Waals surface area contributed by atoms with E-state index in [9.17, 15) is 9.18 Å². The van der Waals surface area contributed by atoms with Crippen molar-refractivity contribution in [2.45, 2.75) is 0 Å². The van der Waals surface area contributed by atoms with Crippen LogP contribution in [0, 0.1) is 5.82 Å². The maximum Gasteiger partial charge on any atom is 0.259 e. The van der Waals surface area contributed by atoms with E-state index in [4.69, 9.17) is 4.74 Å². The van der Waals surface area contributed by atoms with E-state index in [1.165, 1.54) is 25.3 Å². The first-order valence-electron chi connectivity index (χ1n) is 6.03. The molecule has 1 aromatic heterocycles. The summed E-state index contributed by atoms with van der Waals surface area (Å²) in [6.45, 7) is 0. The van der Waals surface area contributed by atoms with Crippen LogP contribution in [0.25, 0.3) is 0 Å². The minimum absolute atomic E-state index is 0.0429. The van der Waals surface area contributed by atoms with Gasteiger partial charge in [-0.15, -0.1) is 0 Å². The van der Waals surface area contributed by atoms with Crippen LogP contribution in [-0.2, 0) is 0 Å². The number of aromatic nitrogens is 1. The van der Waals surface area contributed by atoms with Gasteiger partial charge in [0.15, 0.2) is 0 Å². The molecule has 1 aromatic carbocycles. The molecule has 2 rings (SSSR count). The van der Waals surface area contributed by atoms with E-state index in [0.717, 1.165) is 0 Å². The van der Waals surface area contributed by atoms with Gasteiger partial charge in [0.1, 0.15) is 17.4 Å². The molecule has 0 atom stereocenters. The van der Waals surface area contributed by atoms with E-state index in [2.05, 4.69) is 31.5 Å². The zero-order chi connectivity index (χ0) is 15.4. The molecular weight excluding hydrogens is 341 g/mol. The highest BCUT2D eigenvalue weighted by Crippen LogP contribution is 2.23. The lowest BCUT2D eigenvalue weighted by atomic mass is 10.2. The molecule has 0 aliphatic carbocycles. The topological polar surface area (TPSA) is 63.2 Å². The van der Waals surface area contributed by atoms with Gasteiger partial charge in [-0.1, -0.05) is 0 Å². The fraction of sp³-hybridized carbons (Fsp3) is 0.143. The number of pyridine rings is 1. The molecule has 0 spiro atoms. The van der Waals surface area contributed by atoms with E-state index < -0.39 is 11.7 Å². The van der Waals surface area contributed by atoms with Crippen molar-refractivity contribution < 1.29 is 13.9 Å². The number of hydrogen-bond acceptors (Lipinski definition) is 4. The Morgan fingerprint density at radius 3 is 2.81 bits per heavy atom. The van der Waals surface area contributed by atoms with Crippen molar-refractivity contribution in [3.8, 4) is 5.75 Å².